The third-order valence-electron chi connectivity index (χ3n) is 3.73. The number of rotatable bonds is 6. The molecule has 0 amide bonds. The van der Waals surface area contributed by atoms with E-state index in [4.69, 9.17) is 37.4 Å². The molecule has 2 aromatic rings. The molecule has 1 fully saturated rings. The number of hydrogen-bond donors (Lipinski definition) is 0. The SMILES string of the molecule is Clc1ccc(CO[C@H]2COC[C@@H]2OCc2ccc(Cl)cc2)cc1. The first-order valence-electron chi connectivity index (χ1n) is 7.50. The predicted octanol–water partition coefficient (Wildman–Crippen LogP) is 4.49. The van der Waals surface area contributed by atoms with Crippen molar-refractivity contribution in [1.29, 1.82) is 0 Å². The summed E-state index contributed by atoms with van der Waals surface area (Å²) in [5.74, 6) is 0. The third-order valence-corrected chi connectivity index (χ3v) is 4.24. The maximum absolute atomic E-state index is 5.93. The lowest BCUT2D eigenvalue weighted by Gasteiger charge is -2.19. The number of halogens is 2. The minimum Gasteiger partial charge on any atom is -0.376 e. The Bertz CT molecular complexity index is 558. The summed E-state index contributed by atoms with van der Waals surface area (Å²) in [6.45, 7) is 2.15. The monoisotopic (exact) mass is 352 g/mol. The summed E-state index contributed by atoms with van der Waals surface area (Å²) in [5.41, 5.74) is 2.16. The summed E-state index contributed by atoms with van der Waals surface area (Å²) in [4.78, 5) is 0. The molecule has 0 aliphatic carbocycles. The van der Waals surface area contributed by atoms with Gasteiger partial charge in [0.2, 0.25) is 0 Å². The molecule has 2 atom stereocenters. The standard InChI is InChI=1S/C18H18Cl2O3/c19-15-5-1-13(2-6-15)9-22-17-11-21-12-18(17)23-10-14-3-7-16(20)8-4-14/h1-8,17-18H,9-12H2/t17-,18-/m0/s1. The van der Waals surface area contributed by atoms with Crippen LogP contribution in [0.4, 0.5) is 0 Å². The van der Waals surface area contributed by atoms with Crippen LogP contribution in [0.25, 0.3) is 0 Å². The molecule has 3 nitrogen and oxygen atoms in total. The number of ether oxygens (including phenoxy) is 3. The van der Waals surface area contributed by atoms with Crippen LogP contribution in [0, 0.1) is 0 Å². The van der Waals surface area contributed by atoms with Gasteiger partial charge in [0, 0.05) is 10.0 Å². The predicted molar refractivity (Wildman–Crippen MR) is 90.9 cm³/mol. The van der Waals surface area contributed by atoms with E-state index in [1.54, 1.807) is 0 Å². The van der Waals surface area contributed by atoms with Crippen LogP contribution in [0.15, 0.2) is 48.5 Å². The van der Waals surface area contributed by atoms with E-state index in [1.165, 1.54) is 0 Å². The highest BCUT2D eigenvalue weighted by molar-refractivity contribution is 6.30. The second-order valence-corrected chi connectivity index (χ2v) is 6.36. The van der Waals surface area contributed by atoms with E-state index in [0.717, 1.165) is 21.2 Å². The maximum atomic E-state index is 5.93. The molecule has 2 aromatic carbocycles. The molecule has 1 aliphatic heterocycles. The van der Waals surface area contributed by atoms with Gasteiger partial charge in [-0.2, -0.15) is 0 Å². The Morgan fingerprint density at radius 1 is 0.739 bits per heavy atom. The third kappa shape index (κ3) is 4.93. The zero-order valence-corrected chi connectivity index (χ0v) is 14.1. The van der Waals surface area contributed by atoms with E-state index in [2.05, 4.69) is 0 Å². The van der Waals surface area contributed by atoms with Gasteiger partial charge in [0.05, 0.1) is 26.4 Å². The normalized spacial score (nSPS) is 20.8. The van der Waals surface area contributed by atoms with E-state index in [-0.39, 0.29) is 12.2 Å². The minimum absolute atomic E-state index is 0.0574. The first-order valence-corrected chi connectivity index (χ1v) is 8.26. The molecular weight excluding hydrogens is 335 g/mol. The molecule has 122 valence electrons. The van der Waals surface area contributed by atoms with Crippen molar-refractivity contribution in [3.8, 4) is 0 Å². The number of benzene rings is 2. The molecule has 5 heteroatoms. The van der Waals surface area contributed by atoms with E-state index in [0.29, 0.717) is 26.4 Å². The molecule has 1 heterocycles. The summed E-state index contributed by atoms with van der Waals surface area (Å²) >= 11 is 11.8. The number of hydrogen-bond acceptors (Lipinski definition) is 3. The summed E-state index contributed by atoms with van der Waals surface area (Å²) in [6.07, 6.45) is -0.115. The summed E-state index contributed by atoms with van der Waals surface area (Å²) in [7, 11) is 0. The van der Waals surface area contributed by atoms with Gasteiger partial charge in [-0.05, 0) is 35.4 Å². The van der Waals surface area contributed by atoms with Gasteiger partial charge >= 0.3 is 0 Å². The largest absolute Gasteiger partial charge is 0.376 e. The first-order chi connectivity index (χ1) is 11.2. The lowest BCUT2D eigenvalue weighted by molar-refractivity contribution is -0.0591. The second kappa shape index (κ2) is 8.13. The lowest BCUT2D eigenvalue weighted by atomic mass is 10.2. The van der Waals surface area contributed by atoms with Crippen molar-refractivity contribution in [2.45, 2.75) is 25.4 Å². The van der Waals surface area contributed by atoms with Crippen LogP contribution in [0.1, 0.15) is 11.1 Å². The van der Waals surface area contributed by atoms with Crippen LogP contribution in [-0.4, -0.2) is 25.4 Å². The first kappa shape index (κ1) is 16.7. The highest BCUT2D eigenvalue weighted by Crippen LogP contribution is 2.19. The van der Waals surface area contributed by atoms with Crippen LogP contribution >= 0.6 is 23.2 Å². The fourth-order valence-electron chi connectivity index (χ4n) is 2.39. The summed E-state index contributed by atoms with van der Waals surface area (Å²) in [5, 5.41) is 1.45. The van der Waals surface area contributed by atoms with Crippen molar-refractivity contribution < 1.29 is 14.2 Å². The second-order valence-electron chi connectivity index (χ2n) is 5.49. The maximum Gasteiger partial charge on any atom is 0.110 e. The Hall–Kier alpha value is -1.10. The van der Waals surface area contributed by atoms with Gasteiger partial charge in [-0.15, -0.1) is 0 Å². The summed E-state index contributed by atoms with van der Waals surface area (Å²) < 4.78 is 17.4. The van der Waals surface area contributed by atoms with Crippen LogP contribution in [0.2, 0.25) is 10.0 Å². The van der Waals surface area contributed by atoms with Crippen molar-refractivity contribution in [3.63, 3.8) is 0 Å². The molecule has 0 saturated carbocycles. The van der Waals surface area contributed by atoms with Gasteiger partial charge in [-0.3, -0.25) is 0 Å². The van der Waals surface area contributed by atoms with Gasteiger partial charge < -0.3 is 14.2 Å². The van der Waals surface area contributed by atoms with Crippen molar-refractivity contribution >= 4 is 23.2 Å². The molecule has 0 unspecified atom stereocenters. The van der Waals surface area contributed by atoms with Gasteiger partial charge in [0.1, 0.15) is 12.2 Å². The van der Waals surface area contributed by atoms with E-state index >= 15 is 0 Å². The van der Waals surface area contributed by atoms with E-state index in [1.807, 2.05) is 48.5 Å². The van der Waals surface area contributed by atoms with Gasteiger partial charge in [-0.25, -0.2) is 0 Å². The van der Waals surface area contributed by atoms with Crippen molar-refractivity contribution in [1.82, 2.24) is 0 Å². The Labute approximate surface area is 146 Å². The van der Waals surface area contributed by atoms with Gasteiger partial charge in [0.15, 0.2) is 0 Å². The average Bonchev–Trinajstić information content (AvgIpc) is 3.01. The molecule has 0 aromatic heterocycles. The van der Waals surface area contributed by atoms with Crippen LogP contribution < -0.4 is 0 Å². The van der Waals surface area contributed by atoms with Crippen LogP contribution in [0.5, 0.6) is 0 Å². The highest BCUT2D eigenvalue weighted by atomic mass is 35.5. The van der Waals surface area contributed by atoms with Gasteiger partial charge in [-0.1, -0.05) is 47.5 Å². The molecule has 1 saturated heterocycles. The fourth-order valence-corrected chi connectivity index (χ4v) is 2.65. The Kier molecular flexibility index (Phi) is 5.92. The lowest BCUT2D eigenvalue weighted by Crippen LogP contribution is -2.29. The fraction of sp³-hybridized carbons (Fsp3) is 0.333. The molecule has 0 radical (unpaired) electrons. The van der Waals surface area contributed by atoms with E-state index in [9.17, 15) is 0 Å². The zero-order chi connectivity index (χ0) is 16.1. The molecule has 1 aliphatic rings. The quantitative estimate of drug-likeness (QED) is 0.766. The van der Waals surface area contributed by atoms with E-state index < -0.39 is 0 Å². The van der Waals surface area contributed by atoms with Crippen LogP contribution in [0.3, 0.4) is 0 Å². The highest BCUT2D eigenvalue weighted by Gasteiger charge is 2.29. The molecule has 0 bridgehead atoms. The molecule has 0 N–H and O–H groups in total. The average molecular weight is 353 g/mol. The Balaban J connectivity index is 1.49. The van der Waals surface area contributed by atoms with Crippen molar-refractivity contribution in [2.24, 2.45) is 0 Å². The Morgan fingerprint density at radius 3 is 1.52 bits per heavy atom. The summed E-state index contributed by atoms with van der Waals surface area (Å²) in [6, 6.07) is 15.3. The minimum atomic E-state index is -0.0574. The molecule has 3 rings (SSSR count). The molecular formula is C18H18Cl2O3. The topological polar surface area (TPSA) is 27.7 Å². The van der Waals surface area contributed by atoms with Crippen molar-refractivity contribution in [3.05, 3.63) is 69.7 Å². The smallest absolute Gasteiger partial charge is 0.110 e. The Morgan fingerprint density at radius 2 is 1.13 bits per heavy atom. The zero-order valence-electron chi connectivity index (χ0n) is 12.6. The van der Waals surface area contributed by atoms with Gasteiger partial charge in [0.25, 0.3) is 0 Å². The molecule has 23 heavy (non-hydrogen) atoms. The van der Waals surface area contributed by atoms with Crippen molar-refractivity contribution in [2.75, 3.05) is 13.2 Å². The molecule has 0 spiro atoms. The van der Waals surface area contributed by atoms with Crippen LogP contribution in [-0.2, 0) is 27.4 Å².